The van der Waals surface area contributed by atoms with Crippen LogP contribution in [0.1, 0.15) is 0 Å². The van der Waals surface area contributed by atoms with Crippen molar-refractivity contribution in [2.45, 2.75) is 0 Å². The van der Waals surface area contributed by atoms with E-state index in [4.69, 9.17) is 4.74 Å². The first kappa shape index (κ1) is 8.32. The van der Waals surface area contributed by atoms with Crippen molar-refractivity contribution in [2.75, 3.05) is 7.11 Å². The second-order valence-corrected chi connectivity index (χ2v) is 2.04. The van der Waals surface area contributed by atoms with Gasteiger partial charge in [-0.15, -0.1) is 9.81 Å². The number of hydrogen-bond donors (Lipinski definition) is 0. The lowest BCUT2D eigenvalue weighted by Crippen LogP contribution is -1.81. The molecule has 0 fully saturated rings. The quantitative estimate of drug-likeness (QED) is 0.647. The molecule has 0 N–H and O–H groups in total. The molecule has 0 bridgehead atoms. The van der Waals surface area contributed by atoms with Gasteiger partial charge in [-0.2, -0.15) is 0 Å². The van der Waals surface area contributed by atoms with Gasteiger partial charge in [0.2, 0.25) is 0 Å². The third-order valence-corrected chi connectivity index (χ3v) is 1.37. The second kappa shape index (κ2) is 3.56. The first-order valence-electron chi connectivity index (χ1n) is 3.16. The van der Waals surface area contributed by atoms with Crippen LogP contribution in [0.4, 0.5) is 11.4 Å². The molecule has 0 saturated heterocycles. The van der Waals surface area contributed by atoms with Crippen LogP contribution in [0.2, 0.25) is 0 Å². The lowest BCUT2D eigenvalue weighted by Gasteiger charge is -2.00. The van der Waals surface area contributed by atoms with Crippen LogP contribution in [0, 0.1) is 9.81 Å². The Morgan fingerprint density at radius 2 is 2.00 bits per heavy atom. The first-order valence-corrected chi connectivity index (χ1v) is 3.16. The van der Waals surface area contributed by atoms with Gasteiger partial charge in [0, 0.05) is 6.07 Å². The third-order valence-electron chi connectivity index (χ3n) is 1.37. The summed E-state index contributed by atoms with van der Waals surface area (Å²) in [5, 5.41) is 5.33. The molecule has 0 unspecified atom stereocenters. The van der Waals surface area contributed by atoms with Crippen molar-refractivity contribution in [1.82, 2.24) is 0 Å². The number of benzene rings is 1. The highest BCUT2D eigenvalue weighted by Crippen LogP contribution is 2.30. The summed E-state index contributed by atoms with van der Waals surface area (Å²) in [6.45, 7) is 0. The normalized spacial score (nSPS) is 9.08. The number of ether oxygens (including phenoxy) is 1. The third kappa shape index (κ3) is 1.45. The molecule has 5 nitrogen and oxygen atoms in total. The average Bonchev–Trinajstić information content (AvgIpc) is 2.16. The summed E-state index contributed by atoms with van der Waals surface area (Å²) in [7, 11) is 1.41. The van der Waals surface area contributed by atoms with Gasteiger partial charge in [-0.3, -0.25) is 0 Å². The Morgan fingerprint density at radius 3 is 2.50 bits per heavy atom. The fourth-order valence-electron chi connectivity index (χ4n) is 0.806. The van der Waals surface area contributed by atoms with E-state index in [1.54, 1.807) is 0 Å². The van der Waals surface area contributed by atoms with E-state index in [0.29, 0.717) is 5.75 Å². The van der Waals surface area contributed by atoms with Gasteiger partial charge in [0.15, 0.2) is 5.69 Å². The first-order chi connectivity index (χ1) is 5.81. The van der Waals surface area contributed by atoms with Crippen LogP contribution >= 0.6 is 0 Å². The Morgan fingerprint density at radius 1 is 1.25 bits per heavy atom. The molecule has 0 spiro atoms. The van der Waals surface area contributed by atoms with Gasteiger partial charge in [0.25, 0.3) is 0 Å². The molecule has 1 aromatic carbocycles. The zero-order valence-electron chi connectivity index (χ0n) is 6.35. The van der Waals surface area contributed by atoms with E-state index >= 15 is 0 Å². The monoisotopic (exact) mass is 166 g/mol. The molecular weight excluding hydrogens is 160 g/mol. The molecule has 62 valence electrons. The summed E-state index contributed by atoms with van der Waals surface area (Å²) in [4.78, 5) is 20.2. The largest absolute Gasteiger partial charge is 0.494 e. The Hall–Kier alpha value is -1.78. The Balaban J connectivity index is 3.18. The van der Waals surface area contributed by atoms with Crippen LogP contribution in [0.25, 0.3) is 0 Å². The molecule has 12 heavy (non-hydrogen) atoms. The highest BCUT2D eigenvalue weighted by molar-refractivity contribution is 5.59. The van der Waals surface area contributed by atoms with Crippen molar-refractivity contribution >= 4 is 11.4 Å². The highest BCUT2D eigenvalue weighted by atomic mass is 16.5. The van der Waals surface area contributed by atoms with Crippen molar-refractivity contribution in [3.63, 3.8) is 0 Å². The minimum atomic E-state index is 0.0783. The predicted molar refractivity (Wildman–Crippen MR) is 43.9 cm³/mol. The fraction of sp³-hybridized carbons (Fsp3) is 0.143. The van der Waals surface area contributed by atoms with E-state index < -0.39 is 0 Å². The number of nitrogens with zero attached hydrogens (tertiary/aromatic N) is 2. The van der Waals surface area contributed by atoms with Crippen LogP contribution in [-0.4, -0.2) is 7.11 Å². The molecule has 0 aliphatic carbocycles. The van der Waals surface area contributed by atoms with E-state index in [-0.39, 0.29) is 11.4 Å². The van der Waals surface area contributed by atoms with Gasteiger partial charge < -0.3 is 4.74 Å². The molecule has 1 aromatic rings. The lowest BCUT2D eigenvalue weighted by atomic mass is 10.2. The van der Waals surface area contributed by atoms with Gasteiger partial charge in [-0.1, -0.05) is 0 Å². The minimum absolute atomic E-state index is 0.0783. The average molecular weight is 166 g/mol. The van der Waals surface area contributed by atoms with Crippen molar-refractivity contribution in [1.29, 1.82) is 0 Å². The van der Waals surface area contributed by atoms with Crippen molar-refractivity contribution < 1.29 is 4.74 Å². The van der Waals surface area contributed by atoms with Gasteiger partial charge in [-0.25, -0.2) is 0 Å². The predicted octanol–water partition coefficient (Wildman–Crippen LogP) is 2.49. The molecule has 0 aromatic heterocycles. The van der Waals surface area contributed by atoms with Crippen molar-refractivity contribution in [2.24, 2.45) is 10.4 Å². The number of methoxy groups -OCH3 is 1. The molecule has 0 atom stereocenters. The fourth-order valence-corrected chi connectivity index (χ4v) is 0.806. The van der Waals surface area contributed by atoms with Gasteiger partial charge in [-0.05, 0) is 22.5 Å². The summed E-state index contributed by atoms with van der Waals surface area (Å²) in [6.07, 6.45) is 0. The molecule has 0 saturated carbocycles. The van der Waals surface area contributed by atoms with Crippen LogP contribution in [0.15, 0.2) is 28.6 Å². The Kier molecular flexibility index (Phi) is 2.47. The number of nitroso groups, excluding NO2 is 2. The summed E-state index contributed by atoms with van der Waals surface area (Å²) in [5.41, 5.74) is 0.236. The maximum Gasteiger partial charge on any atom is 0.152 e. The zero-order valence-corrected chi connectivity index (χ0v) is 6.35. The molecule has 0 radical (unpaired) electrons. The van der Waals surface area contributed by atoms with E-state index in [0.717, 1.165) is 0 Å². The maximum atomic E-state index is 10.2. The van der Waals surface area contributed by atoms with E-state index in [9.17, 15) is 9.81 Å². The Labute approximate surface area is 68.3 Å². The molecule has 1 rings (SSSR count). The van der Waals surface area contributed by atoms with Crippen molar-refractivity contribution in [3.05, 3.63) is 28.0 Å². The lowest BCUT2D eigenvalue weighted by molar-refractivity contribution is 0.416. The van der Waals surface area contributed by atoms with Gasteiger partial charge in [0.05, 0.1) is 7.11 Å². The van der Waals surface area contributed by atoms with E-state index in [1.807, 2.05) is 0 Å². The minimum Gasteiger partial charge on any atom is -0.494 e. The van der Waals surface area contributed by atoms with Gasteiger partial charge in [0.1, 0.15) is 11.4 Å². The second-order valence-electron chi connectivity index (χ2n) is 2.04. The van der Waals surface area contributed by atoms with E-state index in [1.165, 1.54) is 25.3 Å². The molecule has 0 aliphatic heterocycles. The van der Waals surface area contributed by atoms with Crippen molar-refractivity contribution in [3.8, 4) is 5.75 Å². The van der Waals surface area contributed by atoms with Crippen LogP contribution < -0.4 is 4.74 Å². The summed E-state index contributed by atoms with van der Waals surface area (Å²) < 4.78 is 4.80. The molecule has 0 aliphatic rings. The molecule has 0 amide bonds. The van der Waals surface area contributed by atoms with Crippen LogP contribution in [0.5, 0.6) is 5.75 Å². The van der Waals surface area contributed by atoms with Gasteiger partial charge >= 0.3 is 0 Å². The summed E-state index contributed by atoms with van der Waals surface area (Å²) in [5.74, 6) is 0.331. The SMILES string of the molecule is COc1ccc(N=O)cc1N=O. The number of rotatable bonds is 3. The van der Waals surface area contributed by atoms with Crippen LogP contribution in [0.3, 0.4) is 0 Å². The maximum absolute atomic E-state index is 10.2. The van der Waals surface area contributed by atoms with Crippen LogP contribution in [-0.2, 0) is 0 Å². The van der Waals surface area contributed by atoms with E-state index in [2.05, 4.69) is 10.4 Å². The Bertz CT molecular complexity index is 312. The topological polar surface area (TPSA) is 68.1 Å². The number of hydrogen-bond acceptors (Lipinski definition) is 5. The molecular formula is C7H6N2O3. The summed E-state index contributed by atoms with van der Waals surface area (Å²) >= 11 is 0. The molecule has 5 heteroatoms. The zero-order chi connectivity index (χ0) is 8.97. The highest BCUT2D eigenvalue weighted by Gasteiger charge is 2.03. The molecule has 0 heterocycles. The smallest absolute Gasteiger partial charge is 0.152 e. The standard InChI is InChI=1S/C7H6N2O3/c1-12-7-3-2-5(8-10)4-6(7)9-11/h2-4H,1H3. The summed E-state index contributed by atoms with van der Waals surface area (Å²) in [6, 6.07) is 4.17.